The standard InChI is InChI=1S/2C10H14O.2C9H13.Zr/c2*1-10(2,3)8-5-4-6-9(11)7-8;2*1-2-3-6-9-7-4-5-8-9;/h2*4-7,11H,1-3H3;2*4-5,7-8H,2-3,6H2,1H3;/q;;2*-1;+2. The zero-order valence-electron chi connectivity index (χ0n) is 26.9. The smallest absolute Gasteiger partial charge is 0.508 e. The van der Waals surface area contributed by atoms with E-state index in [4.69, 9.17) is 0 Å². The van der Waals surface area contributed by atoms with Gasteiger partial charge in [-0.1, -0.05) is 118 Å². The van der Waals surface area contributed by atoms with E-state index in [0.29, 0.717) is 11.5 Å². The van der Waals surface area contributed by atoms with Crippen LogP contribution in [0.4, 0.5) is 0 Å². The van der Waals surface area contributed by atoms with E-state index in [1.165, 1.54) is 49.7 Å². The van der Waals surface area contributed by atoms with Gasteiger partial charge in [0, 0.05) is 0 Å². The van der Waals surface area contributed by atoms with Crippen molar-refractivity contribution in [3.63, 3.8) is 0 Å². The number of unbranched alkanes of at least 4 members (excludes halogenated alkanes) is 2. The normalized spacial score (nSPS) is 10.5. The van der Waals surface area contributed by atoms with Crippen molar-refractivity contribution in [3.8, 4) is 11.5 Å². The van der Waals surface area contributed by atoms with Crippen LogP contribution in [0.15, 0.2) is 97.1 Å². The van der Waals surface area contributed by atoms with Crippen molar-refractivity contribution < 1.29 is 36.4 Å². The summed E-state index contributed by atoms with van der Waals surface area (Å²) in [6.45, 7) is 17.2. The molecule has 0 fully saturated rings. The number of aryl methyl sites for hydroxylation is 2. The summed E-state index contributed by atoms with van der Waals surface area (Å²) in [5, 5.41) is 18.4. The van der Waals surface area contributed by atoms with E-state index in [9.17, 15) is 10.2 Å². The van der Waals surface area contributed by atoms with Gasteiger partial charge in [-0.2, -0.15) is 35.4 Å². The van der Waals surface area contributed by atoms with E-state index >= 15 is 0 Å². The molecule has 4 aromatic carbocycles. The van der Waals surface area contributed by atoms with Crippen LogP contribution in [0.5, 0.6) is 11.5 Å². The fourth-order valence-electron chi connectivity index (χ4n) is 3.87. The zero-order chi connectivity index (χ0) is 30.0. The van der Waals surface area contributed by atoms with Gasteiger partial charge in [-0.3, -0.25) is 0 Å². The minimum Gasteiger partial charge on any atom is -0.508 e. The SMILES string of the molecule is CC(C)(C)c1cccc(O)c1.CC(C)(C)c1cccc(O)c1.CCCC[c-]1cccc1.CCCC[c-]1cccc1.[Zr+2]. The van der Waals surface area contributed by atoms with E-state index in [2.05, 4.69) is 104 Å². The first kappa shape index (κ1) is 38.6. The van der Waals surface area contributed by atoms with E-state index in [0.717, 1.165) is 11.1 Å². The first-order valence-corrected chi connectivity index (χ1v) is 14.9. The molecule has 0 aliphatic carbocycles. The first-order valence-electron chi connectivity index (χ1n) is 14.9. The summed E-state index contributed by atoms with van der Waals surface area (Å²) in [6.07, 6.45) is 7.75. The molecule has 3 heteroatoms. The quantitative estimate of drug-likeness (QED) is 0.207. The number of phenols is 2. The van der Waals surface area contributed by atoms with Crippen molar-refractivity contribution in [3.05, 3.63) is 119 Å². The third kappa shape index (κ3) is 17.9. The first-order chi connectivity index (χ1) is 18.9. The number of rotatable bonds is 6. The van der Waals surface area contributed by atoms with Crippen LogP contribution < -0.4 is 0 Å². The number of hydrogen-bond acceptors (Lipinski definition) is 2. The third-order valence-electron chi connectivity index (χ3n) is 6.53. The predicted octanol–water partition coefficient (Wildman–Crippen LogP) is 10.9. The molecule has 0 aromatic heterocycles. The number of aromatic hydroxyl groups is 2. The summed E-state index contributed by atoms with van der Waals surface area (Å²) in [7, 11) is 0. The van der Waals surface area contributed by atoms with Crippen LogP contribution in [0.25, 0.3) is 0 Å². The average Bonchev–Trinajstić information content (AvgIpc) is 3.61. The molecular weight excluding hydrogens is 580 g/mol. The molecule has 4 rings (SSSR count). The summed E-state index contributed by atoms with van der Waals surface area (Å²) < 4.78 is 0. The summed E-state index contributed by atoms with van der Waals surface area (Å²) in [5.74, 6) is 0.690. The van der Waals surface area contributed by atoms with Crippen molar-refractivity contribution in [2.75, 3.05) is 0 Å². The molecule has 0 heterocycles. The van der Waals surface area contributed by atoms with E-state index in [1.807, 2.05) is 24.3 Å². The van der Waals surface area contributed by atoms with Gasteiger partial charge in [-0.25, -0.2) is 24.3 Å². The van der Waals surface area contributed by atoms with Gasteiger partial charge < -0.3 is 10.2 Å². The van der Waals surface area contributed by atoms with E-state index in [-0.39, 0.29) is 37.0 Å². The molecule has 0 radical (unpaired) electrons. The topological polar surface area (TPSA) is 40.5 Å². The van der Waals surface area contributed by atoms with Crippen molar-refractivity contribution in [1.82, 2.24) is 0 Å². The number of hydrogen-bond donors (Lipinski definition) is 2. The van der Waals surface area contributed by atoms with Crippen molar-refractivity contribution >= 4 is 0 Å². The molecule has 2 N–H and O–H groups in total. The van der Waals surface area contributed by atoms with Crippen LogP contribution in [-0.4, -0.2) is 10.2 Å². The number of phenolic OH excluding ortho intramolecular Hbond substituents is 2. The molecule has 0 aliphatic rings. The maximum Gasteiger partial charge on any atom is 2.00 e. The molecule has 41 heavy (non-hydrogen) atoms. The zero-order valence-corrected chi connectivity index (χ0v) is 29.3. The van der Waals surface area contributed by atoms with Gasteiger partial charge in [0.05, 0.1) is 0 Å². The minimum absolute atomic E-state index is 0. The van der Waals surface area contributed by atoms with Crippen LogP contribution in [0.2, 0.25) is 0 Å². The fourth-order valence-corrected chi connectivity index (χ4v) is 3.87. The second kappa shape index (κ2) is 20.5. The van der Waals surface area contributed by atoms with Gasteiger partial charge in [0.25, 0.3) is 0 Å². The molecule has 0 saturated heterocycles. The predicted molar refractivity (Wildman–Crippen MR) is 175 cm³/mol. The summed E-state index contributed by atoms with van der Waals surface area (Å²) in [5.41, 5.74) is 5.54. The fraction of sp³-hybridized carbons (Fsp3) is 0.421. The molecule has 0 aliphatic heterocycles. The van der Waals surface area contributed by atoms with Gasteiger partial charge in [0.2, 0.25) is 0 Å². The molecule has 4 aromatic rings. The average molecular weight is 634 g/mol. The summed E-state index contributed by atoms with van der Waals surface area (Å²) >= 11 is 0. The molecule has 0 bridgehead atoms. The molecule has 0 spiro atoms. The summed E-state index contributed by atoms with van der Waals surface area (Å²) in [4.78, 5) is 0. The Morgan fingerprint density at radius 2 is 0.854 bits per heavy atom. The van der Waals surface area contributed by atoms with Crippen molar-refractivity contribution in [2.45, 2.75) is 105 Å². The summed E-state index contributed by atoms with van der Waals surface area (Å²) in [6, 6.07) is 32.0. The Labute approximate surface area is 270 Å². The monoisotopic (exact) mass is 632 g/mol. The molecule has 222 valence electrons. The van der Waals surface area contributed by atoms with E-state index < -0.39 is 0 Å². The number of benzene rings is 2. The Kier molecular flexibility index (Phi) is 19.3. The van der Waals surface area contributed by atoms with Crippen LogP contribution in [0, 0.1) is 0 Å². The van der Waals surface area contributed by atoms with Crippen molar-refractivity contribution in [2.24, 2.45) is 0 Å². The maximum atomic E-state index is 9.18. The van der Waals surface area contributed by atoms with Gasteiger partial charge in [-0.15, -0.1) is 0 Å². The molecule has 0 atom stereocenters. The Morgan fingerprint density at radius 3 is 1.07 bits per heavy atom. The second-order valence-corrected chi connectivity index (χ2v) is 12.4. The van der Waals surface area contributed by atoms with Crippen LogP contribution in [0.3, 0.4) is 0 Å². The van der Waals surface area contributed by atoms with Gasteiger partial charge >= 0.3 is 26.2 Å². The molecule has 2 nitrogen and oxygen atoms in total. The Hall–Kier alpha value is -2.38. The van der Waals surface area contributed by atoms with Gasteiger partial charge in [-0.05, 0) is 46.2 Å². The van der Waals surface area contributed by atoms with Crippen LogP contribution in [-0.2, 0) is 49.9 Å². The molecule has 0 unspecified atom stereocenters. The Bertz CT molecular complexity index is 1050. The van der Waals surface area contributed by atoms with Crippen LogP contribution >= 0.6 is 0 Å². The van der Waals surface area contributed by atoms with Crippen molar-refractivity contribution in [1.29, 1.82) is 0 Å². The second-order valence-electron chi connectivity index (χ2n) is 12.4. The van der Waals surface area contributed by atoms with Gasteiger partial charge in [0.1, 0.15) is 11.5 Å². The van der Waals surface area contributed by atoms with Crippen LogP contribution in [0.1, 0.15) is 103 Å². The Balaban J connectivity index is 0.000000518. The Morgan fingerprint density at radius 1 is 0.537 bits per heavy atom. The largest absolute Gasteiger partial charge is 2.00 e. The molecular formula is C38H54O2Zr. The molecule has 0 saturated carbocycles. The molecule has 0 amide bonds. The van der Waals surface area contributed by atoms with Gasteiger partial charge in [0.15, 0.2) is 0 Å². The maximum absolute atomic E-state index is 9.18. The van der Waals surface area contributed by atoms with E-state index in [1.54, 1.807) is 24.3 Å². The minimum atomic E-state index is 0. The third-order valence-corrected chi connectivity index (χ3v) is 6.53.